The van der Waals surface area contributed by atoms with Crippen LogP contribution in [0.25, 0.3) is 0 Å². The van der Waals surface area contributed by atoms with E-state index >= 15 is 0 Å². The molecular formula is C18H34N3O6S+. The summed E-state index contributed by atoms with van der Waals surface area (Å²) in [5.74, 6) is -0.341. The van der Waals surface area contributed by atoms with Crippen molar-refractivity contribution in [3.05, 3.63) is 0 Å². The van der Waals surface area contributed by atoms with Crippen LogP contribution >= 0.6 is 0 Å². The van der Waals surface area contributed by atoms with E-state index < -0.39 is 16.2 Å². The van der Waals surface area contributed by atoms with Gasteiger partial charge in [0.25, 0.3) is 16.4 Å². The average Bonchev–Trinajstić information content (AvgIpc) is 2.48. The molecule has 0 aromatic rings. The molecule has 2 unspecified atom stereocenters. The molecule has 162 valence electrons. The van der Waals surface area contributed by atoms with E-state index in [1.807, 2.05) is 0 Å². The van der Waals surface area contributed by atoms with Gasteiger partial charge in [-0.15, -0.1) is 0 Å². The molecule has 28 heavy (non-hydrogen) atoms. The summed E-state index contributed by atoms with van der Waals surface area (Å²) in [4.78, 5) is 12.2. The second kappa shape index (κ2) is 9.29. The van der Waals surface area contributed by atoms with Crippen molar-refractivity contribution < 1.29 is 31.7 Å². The molecule has 0 spiro atoms. The maximum Gasteiger partial charge on any atom is 0.407 e. The molecule has 2 N–H and O–H groups in total. The lowest BCUT2D eigenvalue weighted by Gasteiger charge is -2.45. The Hall–Kier alpha value is -1.57. The van der Waals surface area contributed by atoms with Crippen molar-refractivity contribution in [2.45, 2.75) is 46.1 Å². The molecule has 0 saturated heterocycles. The van der Waals surface area contributed by atoms with Crippen molar-refractivity contribution >= 4 is 16.2 Å². The maximum absolute atomic E-state index is 12.2. The Balaban J connectivity index is 2.50. The fraction of sp³-hybridized carbons (Fsp3) is 0.889. The standard InChI is InChI=1S/C18H33N3O6S/c1-17(2)10-15(11-18(3,12-17)13-26-14-19)20-16(22)27-8-6-21(4,5)7-9-28(23,24)25/h15H,6-13H2,1-5H3,(H-,20,22,23,24,25)/p+1. The highest BCUT2D eigenvalue weighted by Crippen LogP contribution is 2.46. The Bertz CT molecular complexity index is 686. The number of rotatable bonds is 9. The van der Waals surface area contributed by atoms with Gasteiger partial charge >= 0.3 is 6.09 Å². The minimum atomic E-state index is -4.01. The number of amides is 1. The van der Waals surface area contributed by atoms with E-state index in [2.05, 4.69) is 26.1 Å². The molecular weight excluding hydrogens is 386 g/mol. The Labute approximate surface area is 168 Å². The molecule has 0 radical (unpaired) electrons. The number of likely N-dealkylation sites (N-methyl/N-ethyl adjacent to an activating group) is 1. The van der Waals surface area contributed by atoms with Gasteiger partial charge in [0, 0.05) is 11.5 Å². The number of nitrogens with zero attached hydrogens (tertiary/aromatic N) is 2. The van der Waals surface area contributed by atoms with Gasteiger partial charge < -0.3 is 19.3 Å². The lowest BCUT2D eigenvalue weighted by atomic mass is 9.63. The molecule has 1 fully saturated rings. The van der Waals surface area contributed by atoms with Gasteiger partial charge in [0.1, 0.15) is 25.5 Å². The summed E-state index contributed by atoms with van der Waals surface area (Å²) >= 11 is 0. The number of quaternary nitrogens is 1. The fourth-order valence-corrected chi connectivity index (χ4v) is 4.85. The summed E-state index contributed by atoms with van der Waals surface area (Å²) in [7, 11) is -0.408. The summed E-state index contributed by atoms with van der Waals surface area (Å²) in [5, 5.41) is 11.6. The number of nitriles is 1. The zero-order chi connectivity index (χ0) is 21.6. The fourth-order valence-electron chi connectivity index (χ4n) is 4.12. The SMILES string of the molecule is CC1(C)CC(NC(=O)OCC[N+](C)(C)CCS(=O)(=O)O)CC(C)(COC#N)C1. The number of hydrogen-bond donors (Lipinski definition) is 2. The van der Waals surface area contributed by atoms with E-state index in [0.29, 0.717) is 24.1 Å². The summed E-state index contributed by atoms with van der Waals surface area (Å²) in [6.45, 7) is 7.41. The molecule has 0 aromatic heterocycles. The Morgan fingerprint density at radius 1 is 1.29 bits per heavy atom. The third kappa shape index (κ3) is 9.57. The second-order valence-corrected chi connectivity index (χ2v) is 11.2. The molecule has 1 aliphatic carbocycles. The molecule has 0 aliphatic heterocycles. The predicted octanol–water partition coefficient (Wildman–Crippen LogP) is 1.76. The van der Waals surface area contributed by atoms with Crippen LogP contribution in [0.1, 0.15) is 40.0 Å². The minimum Gasteiger partial charge on any atom is -0.444 e. The second-order valence-electron chi connectivity index (χ2n) is 9.59. The largest absolute Gasteiger partial charge is 0.444 e. The summed E-state index contributed by atoms with van der Waals surface area (Å²) in [6, 6.07) is -0.0782. The van der Waals surface area contributed by atoms with Gasteiger partial charge in [0.15, 0.2) is 0 Å². The highest BCUT2D eigenvalue weighted by molar-refractivity contribution is 7.85. The number of ether oxygens (including phenoxy) is 2. The van der Waals surface area contributed by atoms with E-state index in [1.165, 1.54) is 0 Å². The van der Waals surface area contributed by atoms with Crippen LogP contribution in [0.15, 0.2) is 0 Å². The number of carbonyl (C=O) groups excluding carboxylic acids is 1. The monoisotopic (exact) mass is 420 g/mol. The number of alkyl carbamates (subject to hydrolysis) is 1. The van der Waals surface area contributed by atoms with E-state index in [0.717, 1.165) is 12.8 Å². The van der Waals surface area contributed by atoms with Crippen LogP contribution in [0.5, 0.6) is 0 Å². The average molecular weight is 421 g/mol. The zero-order valence-electron chi connectivity index (χ0n) is 17.5. The minimum absolute atomic E-state index is 0.00156. The first-order valence-corrected chi connectivity index (χ1v) is 11.0. The van der Waals surface area contributed by atoms with E-state index in [1.54, 1.807) is 20.4 Å². The van der Waals surface area contributed by atoms with Crippen molar-refractivity contribution in [2.24, 2.45) is 10.8 Å². The molecule has 0 aromatic carbocycles. The van der Waals surface area contributed by atoms with Crippen LogP contribution in [-0.2, 0) is 19.6 Å². The molecule has 0 bridgehead atoms. The maximum atomic E-state index is 12.2. The Morgan fingerprint density at radius 3 is 2.50 bits per heavy atom. The molecule has 2 atom stereocenters. The molecule has 10 heteroatoms. The lowest BCUT2D eigenvalue weighted by Crippen LogP contribution is -2.49. The first kappa shape index (κ1) is 24.5. The molecule has 9 nitrogen and oxygen atoms in total. The first-order valence-electron chi connectivity index (χ1n) is 9.37. The summed E-state index contributed by atoms with van der Waals surface area (Å²) < 4.78 is 41.1. The Morgan fingerprint density at radius 2 is 1.93 bits per heavy atom. The first-order chi connectivity index (χ1) is 12.7. The summed E-state index contributed by atoms with van der Waals surface area (Å²) in [6.07, 6.45) is 3.61. The van der Waals surface area contributed by atoms with E-state index in [9.17, 15) is 13.2 Å². The van der Waals surface area contributed by atoms with Crippen LogP contribution in [0.4, 0.5) is 4.79 Å². The van der Waals surface area contributed by atoms with Crippen LogP contribution in [0.3, 0.4) is 0 Å². The van der Waals surface area contributed by atoms with Crippen molar-refractivity contribution in [3.63, 3.8) is 0 Å². The third-order valence-corrected chi connectivity index (χ3v) is 5.83. The van der Waals surface area contributed by atoms with Gasteiger partial charge in [-0.1, -0.05) is 20.8 Å². The van der Waals surface area contributed by atoms with Crippen LogP contribution in [0, 0.1) is 22.3 Å². The Kier molecular flexibility index (Phi) is 8.11. The number of nitrogens with one attached hydrogen (secondary N) is 1. The topological polar surface area (TPSA) is 126 Å². The van der Waals surface area contributed by atoms with Gasteiger partial charge in [-0.05, 0) is 24.7 Å². The van der Waals surface area contributed by atoms with Crippen LogP contribution < -0.4 is 5.32 Å². The zero-order valence-corrected chi connectivity index (χ0v) is 18.3. The highest BCUT2D eigenvalue weighted by Gasteiger charge is 2.42. The predicted molar refractivity (Wildman–Crippen MR) is 104 cm³/mol. The van der Waals surface area contributed by atoms with Crippen LogP contribution in [0.2, 0.25) is 0 Å². The molecule has 1 amide bonds. The van der Waals surface area contributed by atoms with Gasteiger partial charge in [0.2, 0.25) is 0 Å². The quantitative estimate of drug-likeness (QED) is 0.331. The molecule has 1 aliphatic rings. The van der Waals surface area contributed by atoms with Gasteiger partial charge in [-0.25, -0.2) is 4.79 Å². The van der Waals surface area contributed by atoms with Crippen molar-refractivity contribution in [3.8, 4) is 6.26 Å². The molecule has 1 saturated carbocycles. The third-order valence-electron chi connectivity index (χ3n) is 5.14. The molecule has 1 rings (SSSR count). The van der Waals surface area contributed by atoms with E-state index in [4.69, 9.17) is 19.3 Å². The normalized spacial score (nSPS) is 24.8. The van der Waals surface area contributed by atoms with Crippen molar-refractivity contribution in [1.82, 2.24) is 5.32 Å². The smallest absolute Gasteiger partial charge is 0.407 e. The highest BCUT2D eigenvalue weighted by atomic mass is 32.2. The molecule has 0 heterocycles. The summed E-state index contributed by atoms with van der Waals surface area (Å²) in [5.41, 5.74) is -0.206. The van der Waals surface area contributed by atoms with E-state index in [-0.39, 0.29) is 35.8 Å². The van der Waals surface area contributed by atoms with Gasteiger partial charge in [-0.2, -0.15) is 13.7 Å². The lowest BCUT2D eigenvalue weighted by molar-refractivity contribution is -0.888. The number of hydrogen-bond acceptors (Lipinski definition) is 6. The van der Waals surface area contributed by atoms with Crippen molar-refractivity contribution in [1.29, 1.82) is 5.26 Å². The van der Waals surface area contributed by atoms with Crippen LogP contribution in [-0.4, -0.2) is 75.7 Å². The van der Waals surface area contributed by atoms with Crippen molar-refractivity contribution in [2.75, 3.05) is 46.2 Å². The van der Waals surface area contributed by atoms with Gasteiger partial charge in [-0.3, -0.25) is 4.55 Å². The van der Waals surface area contributed by atoms with Gasteiger partial charge in [0.05, 0.1) is 20.6 Å². The number of carbonyl (C=O) groups is 1.